The van der Waals surface area contributed by atoms with Crippen LogP contribution in [0.15, 0.2) is 52.3 Å². The molecule has 1 aromatic carbocycles. The van der Waals surface area contributed by atoms with Gasteiger partial charge in [0.15, 0.2) is 10.8 Å². The topological polar surface area (TPSA) is 147 Å². The third-order valence-electron chi connectivity index (χ3n) is 6.37. The zero-order chi connectivity index (χ0) is 26.7. The Bertz CT molecular complexity index is 1330. The molecule has 3 N–H and O–H groups in total. The lowest BCUT2D eigenvalue weighted by molar-refractivity contribution is -0.125. The van der Waals surface area contributed by atoms with Crippen molar-refractivity contribution in [1.82, 2.24) is 24.5 Å². The molecule has 4 rings (SSSR count). The fourth-order valence-corrected chi connectivity index (χ4v) is 5.92. The average molecular weight is 532 g/mol. The first-order chi connectivity index (χ1) is 17.5. The number of rotatable bonds is 8. The minimum absolute atomic E-state index is 0.0880. The van der Waals surface area contributed by atoms with Gasteiger partial charge in [-0.1, -0.05) is 32.0 Å². The second kappa shape index (κ2) is 11.0. The minimum atomic E-state index is -3.88. The fourth-order valence-electron chi connectivity index (χ4n) is 4.46. The van der Waals surface area contributed by atoms with Crippen molar-refractivity contribution in [2.45, 2.75) is 56.3 Å². The first-order valence-corrected chi connectivity index (χ1v) is 13.7. The molecular formula is C25H33N5O6S. The molecule has 0 bridgehead atoms. The van der Waals surface area contributed by atoms with Crippen LogP contribution in [-0.2, 0) is 21.9 Å². The van der Waals surface area contributed by atoms with E-state index in [9.17, 15) is 23.1 Å². The number of hydrogen-bond donors (Lipinski definition) is 3. The summed E-state index contributed by atoms with van der Waals surface area (Å²) in [6.07, 6.45) is 2.88. The number of nitrogens with one attached hydrogen (secondary N) is 2. The van der Waals surface area contributed by atoms with Crippen molar-refractivity contribution in [2.24, 2.45) is 13.0 Å². The zero-order valence-electron chi connectivity index (χ0n) is 21.1. The van der Waals surface area contributed by atoms with Gasteiger partial charge in [0.05, 0.1) is 18.5 Å². The van der Waals surface area contributed by atoms with E-state index in [4.69, 9.17) is 4.42 Å². The maximum absolute atomic E-state index is 13.2. The van der Waals surface area contributed by atoms with Gasteiger partial charge in [-0.25, -0.2) is 13.4 Å². The fraction of sp³-hybridized carbons (Fsp3) is 0.480. The van der Waals surface area contributed by atoms with Crippen LogP contribution >= 0.6 is 0 Å². The highest BCUT2D eigenvalue weighted by Crippen LogP contribution is 2.21. The zero-order valence-corrected chi connectivity index (χ0v) is 21.9. The number of aryl methyl sites for hydroxylation is 1. The molecule has 3 atom stereocenters. The Morgan fingerprint density at radius 3 is 2.70 bits per heavy atom. The van der Waals surface area contributed by atoms with Crippen molar-refractivity contribution in [2.75, 3.05) is 13.1 Å². The van der Waals surface area contributed by atoms with Crippen molar-refractivity contribution >= 4 is 32.8 Å². The molecule has 0 aliphatic carbocycles. The number of aliphatic hydroxyl groups is 1. The van der Waals surface area contributed by atoms with Gasteiger partial charge >= 0.3 is 0 Å². The number of imidazole rings is 1. The second-order valence-corrected chi connectivity index (χ2v) is 11.8. The molecule has 1 saturated heterocycles. The van der Waals surface area contributed by atoms with Crippen LogP contribution in [0.3, 0.4) is 0 Å². The monoisotopic (exact) mass is 531 g/mol. The lowest BCUT2D eigenvalue weighted by atomic mass is 10.0. The summed E-state index contributed by atoms with van der Waals surface area (Å²) in [4.78, 5) is 30.1. The summed E-state index contributed by atoms with van der Waals surface area (Å²) in [7, 11) is -2.20. The van der Waals surface area contributed by atoms with Crippen LogP contribution in [0.25, 0.3) is 11.0 Å². The number of para-hydroxylation sites is 1. The van der Waals surface area contributed by atoms with Crippen LogP contribution < -0.4 is 10.6 Å². The van der Waals surface area contributed by atoms with E-state index in [0.29, 0.717) is 24.8 Å². The number of amides is 2. The summed E-state index contributed by atoms with van der Waals surface area (Å²) >= 11 is 0. The Hall–Kier alpha value is -3.22. The Labute approximate surface area is 215 Å². The number of sulfonamides is 1. The highest BCUT2D eigenvalue weighted by Gasteiger charge is 2.35. The number of β-amino-alcohol motifs (C(OH)–C–C–N with tert-alkyl or cyclic N) is 1. The van der Waals surface area contributed by atoms with Gasteiger partial charge in [-0.3, -0.25) is 9.59 Å². The normalized spacial score (nSPS) is 20.0. The number of aromatic nitrogens is 2. The molecule has 11 nitrogen and oxygen atoms in total. The molecule has 3 heterocycles. The van der Waals surface area contributed by atoms with Gasteiger partial charge in [0.25, 0.3) is 15.9 Å². The summed E-state index contributed by atoms with van der Waals surface area (Å²) in [5.74, 6) is -0.744. The largest absolute Gasteiger partial charge is 0.451 e. The molecule has 2 unspecified atom stereocenters. The standard InChI is InChI=1S/C25H33N5O6S/c1-16(2)11-19(28-25(33)22-12-17-7-4-5-9-21(17)36-22)24(32)27-18-8-6-10-30(13-20(18)31)37(34,35)23-14-29(3)15-26-23/h4-5,7,9,12,14-16,18-20,31H,6,8,10-11,13H2,1-3H3,(H,27,32)(H,28,33)/t18?,19-,20?/m0/s1. The lowest BCUT2D eigenvalue weighted by Gasteiger charge is -2.27. The Balaban J connectivity index is 1.43. The number of fused-ring (bicyclic) bond motifs is 1. The van der Waals surface area contributed by atoms with Crippen LogP contribution in [-0.4, -0.2) is 70.5 Å². The van der Waals surface area contributed by atoms with Crippen LogP contribution in [0, 0.1) is 5.92 Å². The number of carbonyl (C=O) groups is 2. The van der Waals surface area contributed by atoms with E-state index in [0.717, 1.165) is 5.39 Å². The van der Waals surface area contributed by atoms with Crippen molar-refractivity contribution < 1.29 is 27.5 Å². The van der Waals surface area contributed by atoms with E-state index >= 15 is 0 Å². The molecule has 2 amide bonds. The third-order valence-corrected chi connectivity index (χ3v) is 8.12. The molecule has 1 fully saturated rings. The first kappa shape index (κ1) is 26.8. The van der Waals surface area contributed by atoms with E-state index < -0.39 is 40.0 Å². The molecule has 1 aliphatic heterocycles. The van der Waals surface area contributed by atoms with Gasteiger partial charge < -0.3 is 24.7 Å². The van der Waals surface area contributed by atoms with E-state index in [2.05, 4.69) is 15.6 Å². The van der Waals surface area contributed by atoms with E-state index in [-0.39, 0.29) is 29.8 Å². The second-order valence-electron chi connectivity index (χ2n) is 9.87. The van der Waals surface area contributed by atoms with Crippen LogP contribution in [0.2, 0.25) is 0 Å². The number of benzene rings is 1. The smallest absolute Gasteiger partial charge is 0.287 e. The summed E-state index contributed by atoms with van der Waals surface area (Å²) in [6, 6.07) is 7.34. The van der Waals surface area contributed by atoms with E-state index in [1.165, 1.54) is 16.8 Å². The van der Waals surface area contributed by atoms with Gasteiger partial charge in [0, 0.05) is 31.7 Å². The molecule has 1 aliphatic rings. The Morgan fingerprint density at radius 1 is 1.27 bits per heavy atom. The van der Waals surface area contributed by atoms with Gasteiger partial charge in [-0.05, 0) is 37.3 Å². The number of aliphatic hydroxyl groups excluding tert-OH is 1. The quantitative estimate of drug-likeness (QED) is 0.400. The molecule has 200 valence electrons. The van der Waals surface area contributed by atoms with Crippen molar-refractivity contribution in [3.8, 4) is 0 Å². The van der Waals surface area contributed by atoms with Crippen LogP contribution in [0.5, 0.6) is 0 Å². The van der Waals surface area contributed by atoms with Gasteiger partial charge in [0.1, 0.15) is 11.6 Å². The number of hydrogen-bond acceptors (Lipinski definition) is 7. The Morgan fingerprint density at radius 2 is 2.03 bits per heavy atom. The lowest BCUT2D eigenvalue weighted by Crippen LogP contribution is -2.54. The first-order valence-electron chi connectivity index (χ1n) is 12.3. The van der Waals surface area contributed by atoms with E-state index in [1.54, 1.807) is 23.7 Å². The third kappa shape index (κ3) is 6.20. The minimum Gasteiger partial charge on any atom is -0.451 e. The number of furan rings is 1. The van der Waals surface area contributed by atoms with Gasteiger partial charge in [-0.15, -0.1) is 0 Å². The summed E-state index contributed by atoms with van der Waals surface area (Å²) in [5, 5.41) is 17.1. The SMILES string of the molecule is CC(C)C[C@H](NC(=O)c1cc2ccccc2o1)C(=O)NC1CCCN(S(=O)(=O)c2cn(C)cn2)CC1O. The summed E-state index contributed by atoms with van der Waals surface area (Å²) in [6.45, 7) is 3.90. The molecule has 3 aromatic rings. The molecule has 0 radical (unpaired) electrons. The molecule has 37 heavy (non-hydrogen) atoms. The number of carbonyl (C=O) groups excluding carboxylic acids is 2. The summed E-state index contributed by atoms with van der Waals surface area (Å²) < 4.78 is 34.3. The van der Waals surface area contributed by atoms with Gasteiger partial charge in [-0.2, -0.15) is 4.31 Å². The highest BCUT2D eigenvalue weighted by atomic mass is 32.2. The van der Waals surface area contributed by atoms with Crippen LogP contribution in [0.1, 0.15) is 43.7 Å². The maximum Gasteiger partial charge on any atom is 0.287 e. The predicted molar refractivity (Wildman–Crippen MR) is 136 cm³/mol. The van der Waals surface area contributed by atoms with E-state index in [1.807, 2.05) is 32.0 Å². The molecular weight excluding hydrogens is 498 g/mol. The number of nitrogens with zero attached hydrogens (tertiary/aromatic N) is 3. The predicted octanol–water partition coefficient (Wildman–Crippen LogP) is 1.64. The molecule has 2 aromatic heterocycles. The molecule has 0 saturated carbocycles. The van der Waals surface area contributed by atoms with Crippen LogP contribution in [0.4, 0.5) is 0 Å². The highest BCUT2D eigenvalue weighted by molar-refractivity contribution is 7.89. The molecule has 0 spiro atoms. The van der Waals surface area contributed by atoms with Crippen molar-refractivity contribution in [3.63, 3.8) is 0 Å². The van der Waals surface area contributed by atoms with Gasteiger partial charge in [0.2, 0.25) is 5.91 Å². The average Bonchev–Trinajstić information content (AvgIpc) is 3.43. The maximum atomic E-state index is 13.2. The molecule has 12 heteroatoms. The van der Waals surface area contributed by atoms with Crippen molar-refractivity contribution in [1.29, 1.82) is 0 Å². The van der Waals surface area contributed by atoms with Crippen molar-refractivity contribution in [3.05, 3.63) is 48.6 Å². The Kier molecular flexibility index (Phi) is 8.00. The summed E-state index contributed by atoms with van der Waals surface area (Å²) in [5.41, 5.74) is 0.573.